The Bertz CT molecular complexity index is 552. The number of nitrogens with zero attached hydrogens (tertiary/aromatic N) is 1. The second kappa shape index (κ2) is 6.29. The molecule has 0 bridgehead atoms. The van der Waals surface area contributed by atoms with Crippen molar-refractivity contribution >= 4 is 5.91 Å². The second-order valence-electron chi connectivity index (χ2n) is 6.81. The average molecular weight is 302 g/mol. The van der Waals surface area contributed by atoms with Gasteiger partial charge in [0, 0.05) is 17.5 Å². The fourth-order valence-corrected chi connectivity index (χ4v) is 3.62. The van der Waals surface area contributed by atoms with Gasteiger partial charge < -0.3 is 15.0 Å². The van der Waals surface area contributed by atoms with E-state index in [1.165, 1.54) is 32.4 Å². The van der Waals surface area contributed by atoms with E-state index in [-0.39, 0.29) is 11.3 Å². The second-order valence-corrected chi connectivity index (χ2v) is 6.81. The molecule has 1 amide bonds. The van der Waals surface area contributed by atoms with E-state index in [1.54, 1.807) is 7.11 Å². The predicted molar refractivity (Wildman–Crippen MR) is 87.6 cm³/mol. The van der Waals surface area contributed by atoms with Crippen LogP contribution < -0.4 is 10.1 Å². The summed E-state index contributed by atoms with van der Waals surface area (Å²) in [6.07, 6.45) is 5.06. The van der Waals surface area contributed by atoms with E-state index in [1.807, 2.05) is 18.2 Å². The number of amides is 1. The highest BCUT2D eigenvalue weighted by Crippen LogP contribution is 2.35. The van der Waals surface area contributed by atoms with Crippen molar-refractivity contribution in [2.75, 3.05) is 33.3 Å². The number of carbonyl (C=O) groups is 1. The van der Waals surface area contributed by atoms with Crippen LogP contribution in [-0.2, 0) is 5.41 Å². The van der Waals surface area contributed by atoms with Crippen molar-refractivity contribution in [3.05, 3.63) is 29.3 Å². The average Bonchev–Trinajstić information content (AvgIpc) is 2.57. The number of methoxy groups -OCH3 is 1. The van der Waals surface area contributed by atoms with Crippen molar-refractivity contribution < 1.29 is 9.53 Å². The van der Waals surface area contributed by atoms with Gasteiger partial charge in [0.15, 0.2) is 0 Å². The van der Waals surface area contributed by atoms with E-state index in [0.29, 0.717) is 6.54 Å². The van der Waals surface area contributed by atoms with Gasteiger partial charge in [0.05, 0.1) is 7.11 Å². The fourth-order valence-electron chi connectivity index (χ4n) is 3.62. The van der Waals surface area contributed by atoms with Gasteiger partial charge in [-0.05, 0) is 62.7 Å². The van der Waals surface area contributed by atoms with Crippen LogP contribution in [0.4, 0.5) is 0 Å². The number of carbonyl (C=O) groups excluding carboxylic acids is 1. The van der Waals surface area contributed by atoms with Gasteiger partial charge in [-0.25, -0.2) is 0 Å². The van der Waals surface area contributed by atoms with Gasteiger partial charge in [0.2, 0.25) is 0 Å². The molecule has 2 aliphatic heterocycles. The minimum Gasteiger partial charge on any atom is -0.497 e. The third kappa shape index (κ3) is 2.98. The van der Waals surface area contributed by atoms with Crippen molar-refractivity contribution in [2.45, 2.75) is 38.0 Å². The summed E-state index contributed by atoms with van der Waals surface area (Å²) in [7, 11) is 1.68. The Morgan fingerprint density at radius 1 is 1.27 bits per heavy atom. The number of ether oxygens (including phenoxy) is 1. The molecule has 1 unspecified atom stereocenters. The minimum absolute atomic E-state index is 0.0186. The SMILES string of the molecule is COc1ccc2c(c1)C(C)(CCN1CCCCC1)CNC2=O. The van der Waals surface area contributed by atoms with Crippen LogP contribution in [0.2, 0.25) is 0 Å². The first kappa shape index (κ1) is 15.3. The third-order valence-electron chi connectivity index (χ3n) is 5.19. The Balaban J connectivity index is 1.80. The number of nitrogens with one attached hydrogen (secondary N) is 1. The van der Waals surface area contributed by atoms with E-state index in [2.05, 4.69) is 17.1 Å². The van der Waals surface area contributed by atoms with Gasteiger partial charge >= 0.3 is 0 Å². The minimum atomic E-state index is -0.0186. The summed E-state index contributed by atoms with van der Waals surface area (Å²) < 4.78 is 5.36. The van der Waals surface area contributed by atoms with Crippen LogP contribution in [0.25, 0.3) is 0 Å². The summed E-state index contributed by atoms with van der Waals surface area (Å²) in [6, 6.07) is 5.81. The van der Waals surface area contributed by atoms with Gasteiger partial charge in [-0.3, -0.25) is 4.79 Å². The molecule has 4 nitrogen and oxygen atoms in total. The van der Waals surface area contributed by atoms with Crippen LogP contribution in [0, 0.1) is 0 Å². The number of hydrogen-bond acceptors (Lipinski definition) is 3. The summed E-state index contributed by atoms with van der Waals surface area (Å²) in [6.45, 7) is 6.50. The van der Waals surface area contributed by atoms with Crippen LogP contribution in [0.15, 0.2) is 18.2 Å². The molecular weight excluding hydrogens is 276 g/mol. The topological polar surface area (TPSA) is 41.6 Å². The fraction of sp³-hybridized carbons (Fsp3) is 0.611. The molecular formula is C18H26N2O2. The number of hydrogen-bond donors (Lipinski definition) is 1. The number of fused-ring (bicyclic) bond motifs is 1. The van der Waals surface area contributed by atoms with Crippen LogP contribution in [0.5, 0.6) is 5.75 Å². The first-order chi connectivity index (χ1) is 10.6. The van der Waals surface area contributed by atoms with Gasteiger partial charge in [0.25, 0.3) is 5.91 Å². The third-order valence-corrected chi connectivity index (χ3v) is 5.19. The number of benzene rings is 1. The lowest BCUT2D eigenvalue weighted by molar-refractivity contribution is 0.0920. The van der Waals surface area contributed by atoms with Crippen molar-refractivity contribution in [2.24, 2.45) is 0 Å². The quantitative estimate of drug-likeness (QED) is 0.929. The molecule has 0 aromatic heterocycles. The molecule has 2 heterocycles. The lowest BCUT2D eigenvalue weighted by atomic mass is 9.74. The molecule has 0 aliphatic carbocycles. The molecule has 0 saturated carbocycles. The first-order valence-electron chi connectivity index (χ1n) is 8.31. The zero-order chi connectivity index (χ0) is 15.6. The van der Waals surface area contributed by atoms with Crippen molar-refractivity contribution in [3.63, 3.8) is 0 Å². The van der Waals surface area contributed by atoms with E-state index in [0.717, 1.165) is 29.8 Å². The molecule has 4 heteroatoms. The Kier molecular flexibility index (Phi) is 4.39. The van der Waals surface area contributed by atoms with Gasteiger partial charge in [0.1, 0.15) is 5.75 Å². The summed E-state index contributed by atoms with van der Waals surface area (Å²) in [5.41, 5.74) is 1.91. The maximum Gasteiger partial charge on any atom is 0.251 e. The largest absolute Gasteiger partial charge is 0.497 e. The van der Waals surface area contributed by atoms with E-state index < -0.39 is 0 Å². The van der Waals surface area contributed by atoms with Crippen molar-refractivity contribution in [1.29, 1.82) is 0 Å². The normalized spacial score (nSPS) is 25.5. The molecule has 3 rings (SSSR count). The zero-order valence-electron chi connectivity index (χ0n) is 13.7. The van der Waals surface area contributed by atoms with Crippen molar-refractivity contribution in [1.82, 2.24) is 10.2 Å². The molecule has 1 fully saturated rings. The zero-order valence-corrected chi connectivity index (χ0v) is 13.7. The molecule has 1 atom stereocenters. The van der Waals surface area contributed by atoms with E-state index in [4.69, 9.17) is 4.74 Å². The number of likely N-dealkylation sites (tertiary alicyclic amines) is 1. The Hall–Kier alpha value is -1.55. The molecule has 2 aliphatic rings. The maximum atomic E-state index is 12.1. The number of rotatable bonds is 4. The van der Waals surface area contributed by atoms with Crippen molar-refractivity contribution in [3.8, 4) is 5.75 Å². The summed E-state index contributed by atoms with van der Waals surface area (Å²) in [5, 5.41) is 3.06. The molecule has 0 radical (unpaired) electrons. The van der Waals surface area contributed by atoms with Crippen LogP contribution in [-0.4, -0.2) is 44.1 Å². The number of piperidine rings is 1. The Morgan fingerprint density at radius 2 is 2.05 bits per heavy atom. The monoisotopic (exact) mass is 302 g/mol. The Labute approximate surface area is 132 Å². The van der Waals surface area contributed by atoms with Crippen LogP contribution in [0.1, 0.15) is 48.5 Å². The smallest absolute Gasteiger partial charge is 0.251 e. The highest BCUT2D eigenvalue weighted by Gasteiger charge is 2.36. The molecule has 1 aromatic rings. The molecule has 1 N–H and O–H groups in total. The lowest BCUT2D eigenvalue weighted by Crippen LogP contribution is -2.47. The molecule has 1 aromatic carbocycles. The van der Waals surface area contributed by atoms with Crippen LogP contribution >= 0.6 is 0 Å². The van der Waals surface area contributed by atoms with Crippen LogP contribution in [0.3, 0.4) is 0 Å². The molecule has 1 saturated heterocycles. The van der Waals surface area contributed by atoms with E-state index >= 15 is 0 Å². The molecule has 0 spiro atoms. The van der Waals surface area contributed by atoms with Gasteiger partial charge in [-0.15, -0.1) is 0 Å². The summed E-state index contributed by atoms with van der Waals surface area (Å²) in [5.74, 6) is 0.866. The summed E-state index contributed by atoms with van der Waals surface area (Å²) >= 11 is 0. The first-order valence-corrected chi connectivity index (χ1v) is 8.31. The summed E-state index contributed by atoms with van der Waals surface area (Å²) in [4.78, 5) is 14.7. The lowest BCUT2D eigenvalue weighted by Gasteiger charge is -2.38. The van der Waals surface area contributed by atoms with Gasteiger partial charge in [-0.2, -0.15) is 0 Å². The standard InChI is InChI=1S/C18H26N2O2/c1-18(8-11-20-9-4-3-5-10-20)13-19-17(21)15-7-6-14(22-2)12-16(15)18/h6-7,12H,3-5,8-11,13H2,1-2H3,(H,19,21). The maximum absolute atomic E-state index is 12.1. The highest BCUT2D eigenvalue weighted by atomic mass is 16.5. The molecule has 120 valence electrons. The highest BCUT2D eigenvalue weighted by molar-refractivity contribution is 5.97. The Morgan fingerprint density at radius 3 is 2.77 bits per heavy atom. The van der Waals surface area contributed by atoms with Gasteiger partial charge in [-0.1, -0.05) is 13.3 Å². The molecule has 22 heavy (non-hydrogen) atoms. The predicted octanol–water partition coefficient (Wildman–Crippen LogP) is 2.57. The van der Waals surface area contributed by atoms with E-state index in [9.17, 15) is 4.79 Å².